The SMILES string of the molecule is CCCCn1c(-c2ccc3cccc(O)c3n2)nc2cc(OC)ccc21. The second-order valence-corrected chi connectivity index (χ2v) is 6.34. The molecular formula is C21H21N3O2. The lowest BCUT2D eigenvalue weighted by Gasteiger charge is -2.09. The lowest BCUT2D eigenvalue weighted by atomic mass is 10.2. The van der Waals surface area contributed by atoms with Crippen molar-refractivity contribution in [2.45, 2.75) is 26.3 Å². The molecule has 1 N–H and O–H groups in total. The van der Waals surface area contributed by atoms with Gasteiger partial charge in [0.2, 0.25) is 0 Å². The van der Waals surface area contributed by atoms with Gasteiger partial charge in [-0.15, -0.1) is 0 Å². The number of methoxy groups -OCH3 is 1. The molecule has 0 amide bonds. The Kier molecular flexibility index (Phi) is 4.21. The first kappa shape index (κ1) is 16.4. The second kappa shape index (κ2) is 6.67. The van der Waals surface area contributed by atoms with E-state index in [-0.39, 0.29) is 5.75 Å². The number of phenols is 1. The van der Waals surface area contributed by atoms with Crippen LogP contribution in [0.5, 0.6) is 11.5 Å². The van der Waals surface area contributed by atoms with Crippen LogP contribution < -0.4 is 4.74 Å². The van der Waals surface area contributed by atoms with E-state index in [9.17, 15) is 5.11 Å². The summed E-state index contributed by atoms with van der Waals surface area (Å²) in [6, 6.07) is 15.3. The zero-order chi connectivity index (χ0) is 18.1. The lowest BCUT2D eigenvalue weighted by molar-refractivity contribution is 0.415. The van der Waals surface area contributed by atoms with Gasteiger partial charge in [0.25, 0.3) is 0 Å². The van der Waals surface area contributed by atoms with Gasteiger partial charge >= 0.3 is 0 Å². The highest BCUT2D eigenvalue weighted by Gasteiger charge is 2.15. The predicted molar refractivity (Wildman–Crippen MR) is 104 cm³/mol. The molecule has 0 aliphatic rings. The number of hydrogen-bond donors (Lipinski definition) is 1. The molecule has 4 rings (SSSR count). The van der Waals surface area contributed by atoms with Crippen LogP contribution in [0.4, 0.5) is 0 Å². The minimum atomic E-state index is 0.183. The van der Waals surface area contributed by atoms with E-state index in [0.29, 0.717) is 5.52 Å². The summed E-state index contributed by atoms with van der Waals surface area (Å²) in [6.07, 6.45) is 2.16. The number of ether oxygens (including phenoxy) is 1. The summed E-state index contributed by atoms with van der Waals surface area (Å²) in [5.74, 6) is 1.78. The van der Waals surface area contributed by atoms with Crippen molar-refractivity contribution in [1.29, 1.82) is 0 Å². The zero-order valence-corrected chi connectivity index (χ0v) is 14.9. The fourth-order valence-corrected chi connectivity index (χ4v) is 3.23. The Morgan fingerprint density at radius 1 is 1.08 bits per heavy atom. The Morgan fingerprint density at radius 2 is 1.96 bits per heavy atom. The third kappa shape index (κ3) is 2.75. The molecule has 2 heterocycles. The van der Waals surface area contributed by atoms with Crippen molar-refractivity contribution >= 4 is 21.9 Å². The number of nitrogens with zero attached hydrogens (tertiary/aromatic N) is 3. The normalized spacial score (nSPS) is 11.3. The number of imidazole rings is 1. The number of pyridine rings is 1. The van der Waals surface area contributed by atoms with Gasteiger partial charge in [-0.2, -0.15) is 0 Å². The number of aromatic hydroxyl groups is 1. The molecule has 0 bridgehead atoms. The van der Waals surface area contributed by atoms with Crippen molar-refractivity contribution in [2.75, 3.05) is 7.11 Å². The highest BCUT2D eigenvalue weighted by molar-refractivity contribution is 5.87. The Hall–Kier alpha value is -3.08. The highest BCUT2D eigenvalue weighted by Crippen LogP contribution is 2.30. The van der Waals surface area contributed by atoms with Crippen molar-refractivity contribution in [3.63, 3.8) is 0 Å². The minimum absolute atomic E-state index is 0.183. The zero-order valence-electron chi connectivity index (χ0n) is 14.9. The Bertz CT molecular complexity index is 1090. The summed E-state index contributed by atoms with van der Waals surface area (Å²) >= 11 is 0. The molecule has 0 spiro atoms. The van der Waals surface area contributed by atoms with E-state index < -0.39 is 0 Å². The van der Waals surface area contributed by atoms with Gasteiger partial charge in [0.15, 0.2) is 5.82 Å². The Labute approximate surface area is 151 Å². The van der Waals surface area contributed by atoms with E-state index in [1.54, 1.807) is 13.2 Å². The molecule has 26 heavy (non-hydrogen) atoms. The third-order valence-electron chi connectivity index (χ3n) is 4.62. The van der Waals surface area contributed by atoms with Crippen molar-refractivity contribution in [3.05, 3.63) is 48.5 Å². The predicted octanol–water partition coefficient (Wildman–Crippen LogP) is 4.77. The van der Waals surface area contributed by atoms with Crippen molar-refractivity contribution in [2.24, 2.45) is 0 Å². The largest absolute Gasteiger partial charge is 0.506 e. The van der Waals surface area contributed by atoms with E-state index in [2.05, 4.69) is 16.5 Å². The number of fused-ring (bicyclic) bond motifs is 2. The van der Waals surface area contributed by atoms with Crippen LogP contribution in [0.1, 0.15) is 19.8 Å². The van der Waals surface area contributed by atoms with Crippen LogP contribution in [0.25, 0.3) is 33.5 Å². The van der Waals surface area contributed by atoms with Gasteiger partial charge in [-0.25, -0.2) is 9.97 Å². The van der Waals surface area contributed by atoms with Crippen LogP contribution in [0, 0.1) is 0 Å². The van der Waals surface area contributed by atoms with Crippen molar-refractivity contribution < 1.29 is 9.84 Å². The van der Waals surface area contributed by atoms with E-state index in [0.717, 1.165) is 53.1 Å². The molecule has 132 valence electrons. The maximum atomic E-state index is 10.2. The number of benzene rings is 2. The van der Waals surface area contributed by atoms with Crippen LogP contribution in [-0.2, 0) is 6.54 Å². The summed E-state index contributed by atoms with van der Waals surface area (Å²) in [7, 11) is 1.66. The van der Waals surface area contributed by atoms with E-state index in [1.165, 1.54) is 0 Å². The van der Waals surface area contributed by atoms with Crippen molar-refractivity contribution in [3.8, 4) is 23.0 Å². The summed E-state index contributed by atoms with van der Waals surface area (Å²) in [4.78, 5) is 9.51. The molecule has 5 nitrogen and oxygen atoms in total. The molecule has 0 atom stereocenters. The van der Waals surface area contributed by atoms with Gasteiger partial charge in [0.05, 0.1) is 18.1 Å². The van der Waals surface area contributed by atoms with Crippen LogP contribution in [-0.4, -0.2) is 26.8 Å². The standard InChI is InChI=1S/C21H21N3O2/c1-3-4-12-24-18-11-9-15(26-2)13-17(18)23-21(24)16-10-8-14-6-5-7-19(25)20(14)22-16/h5-11,13,25H,3-4,12H2,1-2H3. The fourth-order valence-electron chi connectivity index (χ4n) is 3.23. The van der Waals surface area contributed by atoms with Gasteiger partial charge in [0.1, 0.15) is 22.7 Å². The van der Waals surface area contributed by atoms with E-state index >= 15 is 0 Å². The molecule has 0 saturated heterocycles. The summed E-state index contributed by atoms with van der Waals surface area (Å²) in [6.45, 7) is 3.04. The average molecular weight is 347 g/mol. The first-order valence-corrected chi connectivity index (χ1v) is 8.84. The minimum Gasteiger partial charge on any atom is -0.506 e. The molecule has 0 saturated carbocycles. The van der Waals surface area contributed by atoms with Crippen molar-refractivity contribution in [1.82, 2.24) is 14.5 Å². The number of hydrogen-bond acceptors (Lipinski definition) is 4. The molecule has 0 aliphatic carbocycles. The topological polar surface area (TPSA) is 60.2 Å². The van der Waals surface area contributed by atoms with E-state index in [1.807, 2.05) is 42.5 Å². The maximum absolute atomic E-state index is 10.2. The molecule has 0 radical (unpaired) electrons. The molecule has 0 aliphatic heterocycles. The average Bonchev–Trinajstić information content (AvgIpc) is 3.04. The molecule has 0 fully saturated rings. The monoisotopic (exact) mass is 347 g/mol. The molecule has 4 aromatic rings. The molecule has 2 aromatic carbocycles. The number of unbranched alkanes of at least 4 members (excludes halogenated alkanes) is 1. The molecule has 0 unspecified atom stereocenters. The summed E-state index contributed by atoms with van der Waals surface area (Å²) < 4.78 is 7.53. The Balaban J connectivity index is 1.93. The number of phenolic OH excluding ortho intramolecular Hbond substituents is 1. The molecule has 5 heteroatoms. The smallest absolute Gasteiger partial charge is 0.159 e. The van der Waals surface area contributed by atoms with Gasteiger partial charge in [0, 0.05) is 18.0 Å². The van der Waals surface area contributed by atoms with E-state index in [4.69, 9.17) is 9.72 Å². The highest BCUT2D eigenvalue weighted by atomic mass is 16.5. The van der Waals surface area contributed by atoms with Gasteiger partial charge in [-0.05, 0) is 30.7 Å². The van der Waals surface area contributed by atoms with Crippen LogP contribution >= 0.6 is 0 Å². The summed E-state index contributed by atoms with van der Waals surface area (Å²) in [5, 5.41) is 11.1. The number of aryl methyl sites for hydroxylation is 1. The van der Waals surface area contributed by atoms with Crippen LogP contribution in [0.2, 0.25) is 0 Å². The second-order valence-electron chi connectivity index (χ2n) is 6.34. The maximum Gasteiger partial charge on any atom is 0.159 e. The Morgan fingerprint density at radius 3 is 2.77 bits per heavy atom. The number of rotatable bonds is 5. The van der Waals surface area contributed by atoms with Gasteiger partial charge in [-0.3, -0.25) is 0 Å². The van der Waals surface area contributed by atoms with Gasteiger partial charge in [-0.1, -0.05) is 31.5 Å². The van der Waals surface area contributed by atoms with Gasteiger partial charge < -0.3 is 14.4 Å². The molecule has 2 aromatic heterocycles. The molecular weight excluding hydrogens is 326 g/mol. The third-order valence-corrected chi connectivity index (χ3v) is 4.62. The number of para-hydroxylation sites is 1. The summed E-state index contributed by atoms with van der Waals surface area (Å²) in [5.41, 5.74) is 3.30. The lowest BCUT2D eigenvalue weighted by Crippen LogP contribution is -2.01. The van der Waals surface area contributed by atoms with Crippen LogP contribution in [0.3, 0.4) is 0 Å². The first-order chi connectivity index (χ1) is 12.7. The van der Waals surface area contributed by atoms with Crippen LogP contribution in [0.15, 0.2) is 48.5 Å². The quantitative estimate of drug-likeness (QED) is 0.565. The fraction of sp³-hybridized carbons (Fsp3) is 0.238. The first-order valence-electron chi connectivity index (χ1n) is 8.84. The number of aromatic nitrogens is 3.